The van der Waals surface area contributed by atoms with E-state index < -0.39 is 0 Å². The topological polar surface area (TPSA) is 84.3 Å². The molecule has 0 aliphatic heterocycles. The van der Waals surface area contributed by atoms with Crippen molar-refractivity contribution in [2.24, 2.45) is 0 Å². The summed E-state index contributed by atoms with van der Waals surface area (Å²) in [4.78, 5) is 8.55. The lowest BCUT2D eigenvalue weighted by molar-refractivity contribution is 0.544. The maximum atomic E-state index is 4.89. The second kappa shape index (κ2) is 5.27. The van der Waals surface area contributed by atoms with Crippen LogP contribution in [0.5, 0.6) is 0 Å². The molecule has 2 N–H and O–H groups in total. The van der Waals surface area contributed by atoms with Gasteiger partial charge in [0.05, 0.1) is 11.2 Å². The SMILES string of the molecule is CC(C)n1nc(C2CC2)c2ccc(Nc3[nH]nc4nccnc34)cc21. The summed E-state index contributed by atoms with van der Waals surface area (Å²) in [5, 5.41) is 16.7. The number of rotatable bonds is 4. The van der Waals surface area contributed by atoms with E-state index in [0.717, 1.165) is 22.5 Å². The Labute approximate surface area is 144 Å². The van der Waals surface area contributed by atoms with E-state index in [1.54, 1.807) is 12.4 Å². The second-order valence-electron chi connectivity index (χ2n) is 6.88. The zero-order chi connectivity index (χ0) is 17.0. The van der Waals surface area contributed by atoms with Crippen LogP contribution in [0.3, 0.4) is 0 Å². The van der Waals surface area contributed by atoms with E-state index in [1.807, 2.05) is 0 Å². The van der Waals surface area contributed by atoms with Crippen LogP contribution in [0.4, 0.5) is 11.5 Å². The van der Waals surface area contributed by atoms with E-state index in [9.17, 15) is 0 Å². The number of aromatic amines is 1. The van der Waals surface area contributed by atoms with Crippen molar-refractivity contribution >= 4 is 33.6 Å². The van der Waals surface area contributed by atoms with E-state index in [-0.39, 0.29) is 0 Å². The first-order valence-corrected chi connectivity index (χ1v) is 8.65. The number of aromatic nitrogens is 6. The minimum Gasteiger partial charge on any atom is -0.339 e. The highest BCUT2D eigenvalue weighted by molar-refractivity contribution is 5.89. The van der Waals surface area contributed by atoms with Crippen LogP contribution in [0.25, 0.3) is 22.1 Å². The number of hydrogen-bond donors (Lipinski definition) is 2. The Morgan fingerprint density at radius 3 is 2.84 bits per heavy atom. The van der Waals surface area contributed by atoms with Gasteiger partial charge >= 0.3 is 0 Å². The van der Waals surface area contributed by atoms with Gasteiger partial charge in [-0.05, 0) is 44.9 Å². The average Bonchev–Trinajstić information content (AvgIpc) is 3.27. The molecule has 7 nitrogen and oxygen atoms in total. The number of anilines is 2. The summed E-state index contributed by atoms with van der Waals surface area (Å²) in [5.41, 5.74) is 4.73. The van der Waals surface area contributed by atoms with Crippen molar-refractivity contribution < 1.29 is 0 Å². The van der Waals surface area contributed by atoms with Crippen molar-refractivity contribution in [1.29, 1.82) is 0 Å². The van der Waals surface area contributed by atoms with Gasteiger partial charge in [0.1, 0.15) is 0 Å². The largest absolute Gasteiger partial charge is 0.339 e. The molecular weight excluding hydrogens is 314 g/mol. The maximum absolute atomic E-state index is 4.89. The molecule has 1 saturated carbocycles. The summed E-state index contributed by atoms with van der Waals surface area (Å²) in [6.07, 6.45) is 5.81. The predicted molar refractivity (Wildman–Crippen MR) is 97.1 cm³/mol. The van der Waals surface area contributed by atoms with Crippen molar-refractivity contribution in [1.82, 2.24) is 29.9 Å². The number of nitrogens with one attached hydrogen (secondary N) is 2. The van der Waals surface area contributed by atoms with Gasteiger partial charge in [0.15, 0.2) is 11.3 Å². The number of benzene rings is 1. The number of nitrogens with zero attached hydrogens (tertiary/aromatic N) is 5. The first-order chi connectivity index (χ1) is 12.2. The normalized spacial score (nSPS) is 14.7. The Hall–Kier alpha value is -2.96. The van der Waals surface area contributed by atoms with E-state index in [2.05, 4.69) is 62.2 Å². The average molecular weight is 333 g/mol. The Balaban J connectivity index is 1.59. The van der Waals surface area contributed by atoms with Gasteiger partial charge in [-0.1, -0.05) is 0 Å². The lowest BCUT2D eigenvalue weighted by atomic mass is 10.1. The van der Waals surface area contributed by atoms with Gasteiger partial charge in [-0.25, -0.2) is 9.97 Å². The molecule has 1 aromatic carbocycles. The third-order valence-electron chi connectivity index (χ3n) is 4.65. The number of H-pyrrole nitrogens is 1. The van der Waals surface area contributed by atoms with Crippen molar-refractivity contribution in [2.75, 3.05) is 5.32 Å². The van der Waals surface area contributed by atoms with Crippen molar-refractivity contribution in [3.63, 3.8) is 0 Å². The lowest BCUT2D eigenvalue weighted by Gasteiger charge is -2.09. The second-order valence-corrected chi connectivity index (χ2v) is 6.88. The van der Waals surface area contributed by atoms with Gasteiger partial charge in [0.25, 0.3) is 0 Å². The van der Waals surface area contributed by atoms with Crippen LogP contribution in [-0.2, 0) is 0 Å². The van der Waals surface area contributed by atoms with E-state index >= 15 is 0 Å². The van der Waals surface area contributed by atoms with Crippen LogP contribution in [-0.4, -0.2) is 29.9 Å². The molecule has 0 bridgehead atoms. The zero-order valence-corrected chi connectivity index (χ0v) is 14.2. The Kier molecular flexibility index (Phi) is 3.03. The molecule has 7 heteroatoms. The highest BCUT2D eigenvalue weighted by Gasteiger charge is 2.29. The van der Waals surface area contributed by atoms with Gasteiger partial charge in [0, 0.05) is 35.4 Å². The van der Waals surface area contributed by atoms with Gasteiger partial charge in [0.2, 0.25) is 5.65 Å². The fourth-order valence-corrected chi connectivity index (χ4v) is 3.27. The van der Waals surface area contributed by atoms with Crippen LogP contribution < -0.4 is 5.32 Å². The van der Waals surface area contributed by atoms with Crippen LogP contribution in [0.1, 0.15) is 44.3 Å². The number of hydrogen-bond acceptors (Lipinski definition) is 5. The molecule has 1 aliphatic rings. The molecule has 126 valence electrons. The monoisotopic (exact) mass is 333 g/mol. The molecular formula is C18H19N7. The van der Waals surface area contributed by atoms with E-state index in [1.165, 1.54) is 23.9 Å². The highest BCUT2D eigenvalue weighted by atomic mass is 15.3. The van der Waals surface area contributed by atoms with Crippen LogP contribution >= 0.6 is 0 Å². The summed E-state index contributed by atoms with van der Waals surface area (Å²) in [5.74, 6) is 1.38. The van der Waals surface area contributed by atoms with Gasteiger partial charge in [-0.2, -0.15) is 10.2 Å². The summed E-state index contributed by atoms with van der Waals surface area (Å²) in [6.45, 7) is 4.34. The van der Waals surface area contributed by atoms with Gasteiger partial charge in [-0.15, -0.1) is 0 Å². The molecule has 0 radical (unpaired) electrons. The molecule has 4 aromatic rings. The van der Waals surface area contributed by atoms with Crippen molar-refractivity contribution in [3.05, 3.63) is 36.3 Å². The summed E-state index contributed by atoms with van der Waals surface area (Å²) in [7, 11) is 0. The van der Waals surface area contributed by atoms with Crippen LogP contribution in [0.2, 0.25) is 0 Å². The summed E-state index contributed by atoms with van der Waals surface area (Å²) < 4.78 is 2.12. The molecule has 3 heterocycles. The van der Waals surface area contributed by atoms with Gasteiger partial charge in [-0.3, -0.25) is 9.78 Å². The van der Waals surface area contributed by atoms with E-state index in [4.69, 9.17) is 5.10 Å². The highest BCUT2D eigenvalue weighted by Crippen LogP contribution is 2.43. The molecule has 0 atom stereocenters. The third kappa shape index (κ3) is 2.34. The Morgan fingerprint density at radius 2 is 2.04 bits per heavy atom. The molecule has 1 aliphatic carbocycles. The Morgan fingerprint density at radius 1 is 1.20 bits per heavy atom. The fourth-order valence-electron chi connectivity index (χ4n) is 3.27. The lowest BCUT2D eigenvalue weighted by Crippen LogP contribution is -2.03. The molecule has 1 fully saturated rings. The number of fused-ring (bicyclic) bond motifs is 2. The quantitative estimate of drug-likeness (QED) is 0.591. The van der Waals surface area contributed by atoms with Crippen molar-refractivity contribution in [2.45, 2.75) is 38.6 Å². The van der Waals surface area contributed by atoms with Crippen molar-refractivity contribution in [3.8, 4) is 0 Å². The first-order valence-electron chi connectivity index (χ1n) is 8.65. The van der Waals surface area contributed by atoms with Crippen LogP contribution in [0, 0.1) is 0 Å². The molecule has 0 spiro atoms. The fraction of sp³-hybridized carbons (Fsp3) is 0.333. The summed E-state index contributed by atoms with van der Waals surface area (Å²) in [6, 6.07) is 6.73. The molecule has 5 rings (SSSR count). The smallest absolute Gasteiger partial charge is 0.201 e. The first kappa shape index (κ1) is 14.4. The minimum absolute atomic E-state index is 0.323. The molecule has 25 heavy (non-hydrogen) atoms. The van der Waals surface area contributed by atoms with E-state index in [0.29, 0.717) is 17.6 Å². The maximum Gasteiger partial charge on any atom is 0.201 e. The predicted octanol–water partition coefficient (Wildman–Crippen LogP) is 3.90. The van der Waals surface area contributed by atoms with Gasteiger partial charge < -0.3 is 5.32 Å². The third-order valence-corrected chi connectivity index (χ3v) is 4.65. The van der Waals surface area contributed by atoms with Crippen LogP contribution in [0.15, 0.2) is 30.6 Å². The molecule has 0 unspecified atom stereocenters. The molecule has 0 amide bonds. The molecule has 0 saturated heterocycles. The molecule has 3 aromatic heterocycles. The Bertz CT molecular complexity index is 1070. The zero-order valence-electron chi connectivity index (χ0n) is 14.2. The standard InChI is InChI=1S/C18H19N7/c1-10(2)25-14-9-12(5-6-13(14)15(24-25)11-3-4-11)21-18-16-17(22-23-18)20-8-7-19-16/h5-11H,3-4H2,1-2H3,(H2,20,21,22,23). The minimum atomic E-state index is 0.323. The summed E-state index contributed by atoms with van der Waals surface area (Å²) >= 11 is 0.